The second-order valence-electron chi connectivity index (χ2n) is 7.47. The smallest absolute Gasteiger partial charge is 0.416 e. The molecule has 2 heterocycles. The molecule has 0 radical (unpaired) electrons. The van der Waals surface area contributed by atoms with Crippen molar-refractivity contribution in [3.63, 3.8) is 0 Å². The number of imidazole rings is 1. The molecule has 11 heteroatoms. The molecular weight excluding hydrogens is 453 g/mol. The van der Waals surface area contributed by atoms with Gasteiger partial charge in [-0.3, -0.25) is 4.90 Å². The van der Waals surface area contributed by atoms with E-state index in [2.05, 4.69) is 4.98 Å². The van der Waals surface area contributed by atoms with Gasteiger partial charge in [0.05, 0.1) is 30.7 Å². The number of nitrogens with two attached hydrogens (primary N) is 1. The average Bonchev–Trinajstić information content (AvgIpc) is 3.18. The summed E-state index contributed by atoms with van der Waals surface area (Å²) in [5, 5.41) is 0. The fourth-order valence-corrected chi connectivity index (χ4v) is 3.87. The number of halogens is 3. The maximum absolute atomic E-state index is 13.4. The molecule has 0 bridgehead atoms. The summed E-state index contributed by atoms with van der Waals surface area (Å²) in [5.41, 5.74) is 6.27. The predicted octanol–water partition coefficient (Wildman–Crippen LogP) is 3.84. The van der Waals surface area contributed by atoms with Gasteiger partial charge in [0.15, 0.2) is 0 Å². The highest BCUT2D eigenvalue weighted by atomic mass is 19.4. The molecule has 3 rings (SSSR count). The maximum atomic E-state index is 13.4. The van der Waals surface area contributed by atoms with Crippen LogP contribution in [0.15, 0.2) is 59.5 Å². The summed E-state index contributed by atoms with van der Waals surface area (Å²) in [6.45, 7) is 6.54. The summed E-state index contributed by atoms with van der Waals surface area (Å²) in [5.74, 6) is -1.73. The van der Waals surface area contributed by atoms with Crippen LogP contribution in [0.2, 0.25) is 0 Å². The van der Waals surface area contributed by atoms with Gasteiger partial charge < -0.3 is 19.8 Å². The molecule has 1 aromatic heterocycles. The van der Waals surface area contributed by atoms with Crippen LogP contribution in [0.4, 0.5) is 18.9 Å². The first-order chi connectivity index (χ1) is 16.0. The van der Waals surface area contributed by atoms with E-state index in [1.165, 1.54) is 36.5 Å². The first-order valence-corrected chi connectivity index (χ1v) is 10.5. The van der Waals surface area contributed by atoms with Gasteiger partial charge in [0.2, 0.25) is 0 Å². The molecule has 182 valence electrons. The van der Waals surface area contributed by atoms with Crippen molar-refractivity contribution in [1.82, 2.24) is 9.55 Å². The Balaban J connectivity index is 2.34. The Bertz CT molecular complexity index is 1120. The zero-order valence-corrected chi connectivity index (χ0v) is 19.1. The molecule has 2 aromatic rings. The molecule has 1 unspecified atom stereocenters. The Kier molecular flexibility index (Phi) is 7.04. The van der Waals surface area contributed by atoms with E-state index in [4.69, 9.17) is 15.2 Å². The van der Waals surface area contributed by atoms with Crippen molar-refractivity contribution in [3.05, 3.63) is 70.7 Å². The molecule has 0 aliphatic carbocycles. The quantitative estimate of drug-likeness (QED) is 0.630. The van der Waals surface area contributed by atoms with E-state index in [1.54, 1.807) is 25.3 Å². The number of alkyl halides is 3. The number of carbonyl (C=O) groups excluding carboxylic acids is 2. The lowest BCUT2D eigenvalue weighted by Gasteiger charge is -2.37. The van der Waals surface area contributed by atoms with Gasteiger partial charge in [-0.15, -0.1) is 0 Å². The molecule has 1 atom stereocenters. The molecule has 1 aliphatic heterocycles. The van der Waals surface area contributed by atoms with Crippen molar-refractivity contribution < 1.29 is 32.2 Å². The van der Waals surface area contributed by atoms with Crippen molar-refractivity contribution in [1.29, 1.82) is 0 Å². The number of benzene rings is 1. The lowest BCUT2D eigenvalue weighted by atomic mass is 9.91. The Hall–Kier alpha value is -3.76. The van der Waals surface area contributed by atoms with E-state index >= 15 is 0 Å². The zero-order chi connectivity index (χ0) is 25.2. The number of ether oxygens (including phenoxy) is 2. The van der Waals surface area contributed by atoms with Crippen LogP contribution < -0.4 is 10.6 Å². The number of aromatic nitrogens is 2. The fourth-order valence-electron chi connectivity index (χ4n) is 3.87. The highest BCUT2D eigenvalue weighted by Crippen LogP contribution is 2.42. The van der Waals surface area contributed by atoms with Crippen molar-refractivity contribution in [3.8, 4) is 0 Å². The normalized spacial score (nSPS) is 16.7. The molecule has 1 aliphatic rings. The van der Waals surface area contributed by atoms with Crippen molar-refractivity contribution in [2.75, 3.05) is 18.1 Å². The summed E-state index contributed by atoms with van der Waals surface area (Å²) in [6, 6.07) is 3.38. The predicted molar refractivity (Wildman–Crippen MR) is 117 cm³/mol. The second-order valence-corrected chi connectivity index (χ2v) is 7.47. The van der Waals surface area contributed by atoms with Gasteiger partial charge in [-0.1, -0.05) is 6.07 Å². The number of aryl methyl sites for hydroxylation is 1. The summed E-state index contributed by atoms with van der Waals surface area (Å²) in [6.07, 6.45) is -1.64. The highest BCUT2D eigenvalue weighted by molar-refractivity contribution is 6.00. The largest absolute Gasteiger partial charge is 0.463 e. The van der Waals surface area contributed by atoms with E-state index in [-0.39, 0.29) is 41.6 Å². The maximum Gasteiger partial charge on any atom is 0.416 e. The van der Waals surface area contributed by atoms with Crippen LogP contribution in [-0.2, 0) is 25.2 Å². The minimum atomic E-state index is -4.60. The first kappa shape index (κ1) is 24.9. The number of esters is 2. The van der Waals surface area contributed by atoms with Crippen LogP contribution in [0.25, 0.3) is 0 Å². The lowest BCUT2D eigenvalue weighted by molar-refractivity contribution is -0.140. The number of anilines is 1. The third-order valence-corrected chi connectivity index (χ3v) is 5.35. The van der Waals surface area contributed by atoms with E-state index in [1.807, 2.05) is 0 Å². The summed E-state index contributed by atoms with van der Waals surface area (Å²) >= 11 is 0. The first-order valence-electron chi connectivity index (χ1n) is 10.5. The molecule has 34 heavy (non-hydrogen) atoms. The Labute approximate surface area is 194 Å². The van der Waals surface area contributed by atoms with Crippen molar-refractivity contribution >= 4 is 17.6 Å². The molecule has 0 spiro atoms. The Morgan fingerprint density at radius 1 is 1.09 bits per heavy atom. The topological polar surface area (TPSA) is 99.7 Å². The third-order valence-electron chi connectivity index (χ3n) is 5.35. The second kappa shape index (κ2) is 9.62. The van der Waals surface area contributed by atoms with Crippen LogP contribution in [-0.4, -0.2) is 34.7 Å². The van der Waals surface area contributed by atoms with Gasteiger partial charge in [0.25, 0.3) is 0 Å². The molecule has 0 saturated carbocycles. The number of allylic oxidation sites excluding steroid dienone is 1. The standard InChI is InChI=1S/C23H25F3N4O4/c1-5-33-21(31)17-14(4)30(16-9-7-8-15(10-16)23(24,25)26)20(27)18(22(32)34-6-2)19(17)29-12-28-11-13(29)3/h7-12,19H,5-6,27H2,1-4H3. The van der Waals surface area contributed by atoms with Crippen molar-refractivity contribution in [2.45, 2.75) is 39.9 Å². The molecular formula is C23H25F3N4O4. The fraction of sp³-hybridized carbons (Fsp3) is 0.348. The summed E-state index contributed by atoms with van der Waals surface area (Å²) in [7, 11) is 0. The summed E-state index contributed by atoms with van der Waals surface area (Å²) < 4.78 is 52.2. The van der Waals surface area contributed by atoms with E-state index in [0.717, 1.165) is 12.1 Å². The zero-order valence-electron chi connectivity index (χ0n) is 19.1. The molecule has 0 fully saturated rings. The minimum Gasteiger partial charge on any atom is -0.463 e. The van der Waals surface area contributed by atoms with Gasteiger partial charge in [-0.05, 0) is 45.9 Å². The van der Waals surface area contributed by atoms with Gasteiger partial charge in [-0.2, -0.15) is 13.2 Å². The average molecular weight is 478 g/mol. The number of hydrogen-bond acceptors (Lipinski definition) is 7. The van der Waals surface area contributed by atoms with Crippen LogP contribution in [0, 0.1) is 6.92 Å². The van der Waals surface area contributed by atoms with Gasteiger partial charge in [-0.25, -0.2) is 14.6 Å². The van der Waals surface area contributed by atoms with Gasteiger partial charge >= 0.3 is 18.1 Å². The summed E-state index contributed by atoms with van der Waals surface area (Å²) in [4.78, 5) is 31.5. The number of carbonyl (C=O) groups is 2. The number of nitrogens with zero attached hydrogens (tertiary/aromatic N) is 3. The highest BCUT2D eigenvalue weighted by Gasteiger charge is 2.42. The SMILES string of the molecule is CCOC(=O)C1=C(C)N(c2cccc(C(F)(F)F)c2)C(N)=C(C(=O)OCC)C1n1cncc1C. The van der Waals surface area contributed by atoms with Crippen LogP contribution in [0.1, 0.15) is 38.1 Å². The van der Waals surface area contributed by atoms with Gasteiger partial charge in [0, 0.05) is 23.3 Å². The Morgan fingerprint density at radius 3 is 2.24 bits per heavy atom. The van der Waals surface area contributed by atoms with Gasteiger partial charge in [0.1, 0.15) is 17.4 Å². The molecule has 2 N–H and O–H groups in total. The molecule has 1 aromatic carbocycles. The third kappa shape index (κ3) is 4.50. The number of rotatable bonds is 6. The van der Waals surface area contributed by atoms with Crippen LogP contribution in [0.5, 0.6) is 0 Å². The monoisotopic (exact) mass is 478 g/mol. The minimum absolute atomic E-state index is 0.0201. The lowest BCUT2D eigenvalue weighted by Crippen LogP contribution is -2.41. The van der Waals surface area contributed by atoms with E-state index in [0.29, 0.717) is 5.69 Å². The molecule has 0 amide bonds. The van der Waals surface area contributed by atoms with Crippen molar-refractivity contribution in [2.24, 2.45) is 5.73 Å². The van der Waals surface area contributed by atoms with Crippen LogP contribution in [0.3, 0.4) is 0 Å². The Morgan fingerprint density at radius 2 is 1.71 bits per heavy atom. The van der Waals surface area contributed by atoms with E-state index in [9.17, 15) is 22.8 Å². The van der Waals surface area contributed by atoms with Crippen LogP contribution >= 0.6 is 0 Å². The van der Waals surface area contributed by atoms with E-state index < -0.39 is 29.7 Å². The number of hydrogen-bond donors (Lipinski definition) is 1. The molecule has 0 saturated heterocycles. The molecule has 8 nitrogen and oxygen atoms in total.